The van der Waals surface area contributed by atoms with Crippen LogP contribution in [-0.4, -0.2) is 11.7 Å². The zero-order valence-corrected chi connectivity index (χ0v) is 6.42. The Labute approximate surface area is 62.8 Å². The van der Waals surface area contributed by atoms with Gasteiger partial charge in [-0.25, -0.2) is 0 Å². The summed E-state index contributed by atoms with van der Waals surface area (Å²) >= 11 is 0. The Hall–Kier alpha value is -0.300. The fraction of sp³-hybridized carbons (Fsp3) is 0.778. The Morgan fingerprint density at radius 2 is 2.10 bits per heavy atom. The fourth-order valence-corrected chi connectivity index (χ4v) is 1.77. The van der Waals surface area contributed by atoms with Gasteiger partial charge in [0.25, 0.3) is 0 Å². The van der Waals surface area contributed by atoms with Crippen LogP contribution in [-0.2, 0) is 0 Å². The highest BCUT2D eigenvalue weighted by Crippen LogP contribution is 2.29. The van der Waals surface area contributed by atoms with Crippen LogP contribution >= 0.6 is 0 Å². The Morgan fingerprint density at radius 1 is 1.40 bits per heavy atom. The second kappa shape index (κ2) is 3.77. The van der Waals surface area contributed by atoms with Crippen LogP contribution in [0.2, 0.25) is 0 Å². The van der Waals surface area contributed by atoms with E-state index >= 15 is 0 Å². The number of allylic oxidation sites excluding steroid dienone is 1. The molecule has 0 saturated heterocycles. The van der Waals surface area contributed by atoms with Gasteiger partial charge in [0.15, 0.2) is 0 Å². The lowest BCUT2D eigenvalue weighted by atomic mass is 9.80. The lowest BCUT2D eigenvalue weighted by Crippen LogP contribution is -2.20. The largest absolute Gasteiger partial charge is 0.396 e. The van der Waals surface area contributed by atoms with E-state index in [2.05, 4.69) is 6.58 Å². The van der Waals surface area contributed by atoms with Crippen LogP contribution in [0, 0.1) is 11.8 Å². The van der Waals surface area contributed by atoms with E-state index in [1.807, 2.05) is 6.08 Å². The maximum atomic E-state index is 8.94. The lowest BCUT2D eigenvalue weighted by molar-refractivity contribution is 0.158. The molecule has 1 aliphatic carbocycles. The predicted molar refractivity (Wildman–Crippen MR) is 42.7 cm³/mol. The first-order valence-electron chi connectivity index (χ1n) is 4.12. The molecule has 1 fully saturated rings. The molecule has 10 heavy (non-hydrogen) atoms. The van der Waals surface area contributed by atoms with E-state index in [0.29, 0.717) is 18.4 Å². The maximum Gasteiger partial charge on any atom is 0.0464 e. The fourth-order valence-electron chi connectivity index (χ4n) is 1.77. The summed E-state index contributed by atoms with van der Waals surface area (Å²) in [6.45, 7) is 4.12. The topological polar surface area (TPSA) is 20.2 Å². The summed E-state index contributed by atoms with van der Waals surface area (Å²) in [4.78, 5) is 0. The van der Waals surface area contributed by atoms with E-state index in [-0.39, 0.29) is 0 Å². The first kappa shape index (κ1) is 7.80. The van der Waals surface area contributed by atoms with Gasteiger partial charge >= 0.3 is 0 Å². The van der Waals surface area contributed by atoms with E-state index in [4.69, 9.17) is 5.11 Å². The van der Waals surface area contributed by atoms with Crippen molar-refractivity contribution in [3.05, 3.63) is 12.7 Å². The minimum atomic E-state index is 0.344. The van der Waals surface area contributed by atoms with Crippen LogP contribution < -0.4 is 0 Å². The van der Waals surface area contributed by atoms with E-state index in [9.17, 15) is 0 Å². The van der Waals surface area contributed by atoms with Gasteiger partial charge in [0.1, 0.15) is 0 Å². The molecule has 1 aliphatic rings. The maximum absolute atomic E-state index is 8.94. The number of rotatable bonds is 2. The van der Waals surface area contributed by atoms with Gasteiger partial charge < -0.3 is 5.11 Å². The van der Waals surface area contributed by atoms with Crippen molar-refractivity contribution in [3.63, 3.8) is 0 Å². The molecule has 0 amide bonds. The number of aliphatic hydroxyl groups is 1. The van der Waals surface area contributed by atoms with Crippen molar-refractivity contribution in [2.24, 2.45) is 11.8 Å². The third kappa shape index (κ3) is 1.60. The third-order valence-electron chi connectivity index (χ3n) is 2.51. The minimum absolute atomic E-state index is 0.344. The Morgan fingerprint density at radius 3 is 2.60 bits per heavy atom. The molecule has 0 heterocycles. The van der Waals surface area contributed by atoms with Crippen LogP contribution in [0.15, 0.2) is 12.7 Å². The van der Waals surface area contributed by atoms with Crippen LogP contribution in [0.3, 0.4) is 0 Å². The molecule has 1 heteroatoms. The normalized spacial score (nSPS) is 33.7. The van der Waals surface area contributed by atoms with Gasteiger partial charge in [0.05, 0.1) is 0 Å². The molecule has 58 valence electrons. The molecule has 1 N–H and O–H groups in total. The summed E-state index contributed by atoms with van der Waals surface area (Å²) in [6, 6.07) is 0. The molecular formula is C9H16O. The minimum Gasteiger partial charge on any atom is -0.396 e. The molecular weight excluding hydrogens is 124 g/mol. The van der Waals surface area contributed by atoms with Gasteiger partial charge in [0, 0.05) is 6.61 Å². The van der Waals surface area contributed by atoms with Crippen LogP contribution in [0.4, 0.5) is 0 Å². The molecule has 1 nitrogen and oxygen atoms in total. The van der Waals surface area contributed by atoms with Crippen molar-refractivity contribution in [3.8, 4) is 0 Å². The molecule has 0 spiro atoms. The molecule has 1 rings (SSSR count). The molecule has 0 aromatic carbocycles. The number of hydrogen-bond donors (Lipinski definition) is 1. The average Bonchev–Trinajstić information content (AvgIpc) is 2.04. The van der Waals surface area contributed by atoms with Crippen molar-refractivity contribution in [2.45, 2.75) is 25.7 Å². The summed E-state index contributed by atoms with van der Waals surface area (Å²) < 4.78 is 0. The van der Waals surface area contributed by atoms with E-state index in [1.165, 1.54) is 25.7 Å². The monoisotopic (exact) mass is 140 g/mol. The molecule has 0 bridgehead atoms. The second-order valence-corrected chi connectivity index (χ2v) is 3.13. The molecule has 0 radical (unpaired) electrons. The second-order valence-electron chi connectivity index (χ2n) is 3.13. The highest BCUT2D eigenvalue weighted by Gasteiger charge is 2.21. The van der Waals surface area contributed by atoms with Gasteiger partial charge in [0.2, 0.25) is 0 Å². The van der Waals surface area contributed by atoms with Gasteiger partial charge in [-0.2, -0.15) is 0 Å². The highest BCUT2D eigenvalue weighted by molar-refractivity contribution is 4.86. The Bertz CT molecular complexity index is 109. The van der Waals surface area contributed by atoms with Gasteiger partial charge in [-0.3, -0.25) is 0 Å². The number of aliphatic hydroxyl groups excluding tert-OH is 1. The van der Waals surface area contributed by atoms with Crippen LogP contribution in [0.1, 0.15) is 25.7 Å². The predicted octanol–water partition coefficient (Wildman–Crippen LogP) is 1.97. The van der Waals surface area contributed by atoms with Crippen molar-refractivity contribution in [1.82, 2.24) is 0 Å². The molecule has 0 unspecified atom stereocenters. The number of hydrogen-bond acceptors (Lipinski definition) is 1. The first-order chi connectivity index (χ1) is 4.88. The van der Waals surface area contributed by atoms with Crippen molar-refractivity contribution in [2.75, 3.05) is 6.61 Å². The summed E-state index contributed by atoms with van der Waals surface area (Å²) in [6.07, 6.45) is 7.02. The summed E-state index contributed by atoms with van der Waals surface area (Å²) in [5.41, 5.74) is 0. The third-order valence-corrected chi connectivity index (χ3v) is 2.51. The van der Waals surface area contributed by atoms with Gasteiger partial charge in [-0.15, -0.1) is 6.58 Å². The highest BCUT2D eigenvalue weighted by atomic mass is 16.3. The van der Waals surface area contributed by atoms with Crippen molar-refractivity contribution >= 4 is 0 Å². The van der Waals surface area contributed by atoms with Crippen molar-refractivity contribution in [1.29, 1.82) is 0 Å². The SMILES string of the molecule is C=C[C@@H]1CCCC[C@H]1CO. The molecule has 0 aliphatic heterocycles. The summed E-state index contributed by atoms with van der Waals surface area (Å²) in [7, 11) is 0. The molecule has 0 aromatic rings. The van der Waals surface area contributed by atoms with Crippen LogP contribution in [0.5, 0.6) is 0 Å². The van der Waals surface area contributed by atoms with E-state index < -0.39 is 0 Å². The van der Waals surface area contributed by atoms with Crippen molar-refractivity contribution < 1.29 is 5.11 Å². The van der Waals surface area contributed by atoms with Gasteiger partial charge in [-0.05, 0) is 24.7 Å². The Balaban J connectivity index is 2.41. The summed E-state index contributed by atoms with van der Waals surface area (Å²) in [5, 5.41) is 8.94. The smallest absolute Gasteiger partial charge is 0.0464 e. The Kier molecular flexibility index (Phi) is 2.94. The zero-order valence-electron chi connectivity index (χ0n) is 6.42. The zero-order chi connectivity index (χ0) is 7.40. The molecule has 1 saturated carbocycles. The van der Waals surface area contributed by atoms with E-state index in [1.54, 1.807) is 0 Å². The quantitative estimate of drug-likeness (QED) is 0.581. The average molecular weight is 140 g/mol. The lowest BCUT2D eigenvalue weighted by Gasteiger charge is -2.27. The summed E-state index contributed by atoms with van der Waals surface area (Å²) in [5.74, 6) is 1.09. The molecule has 2 atom stereocenters. The van der Waals surface area contributed by atoms with E-state index in [0.717, 1.165) is 0 Å². The standard InChI is InChI=1S/C9H16O/c1-2-8-5-3-4-6-9(8)7-10/h2,8-10H,1,3-7H2/t8-,9+/m1/s1. The first-order valence-corrected chi connectivity index (χ1v) is 4.12. The van der Waals surface area contributed by atoms with Crippen LogP contribution in [0.25, 0.3) is 0 Å². The van der Waals surface area contributed by atoms with Gasteiger partial charge in [-0.1, -0.05) is 18.9 Å². The molecule has 0 aromatic heterocycles.